The number of nitrogens with zero attached hydrogens (tertiary/aromatic N) is 2. The lowest BCUT2D eigenvalue weighted by Crippen LogP contribution is -2.32. The van der Waals surface area contributed by atoms with Gasteiger partial charge in [-0.05, 0) is 67.5 Å². The Bertz CT molecular complexity index is 1010. The molecule has 1 N–H and O–H groups in total. The van der Waals surface area contributed by atoms with Gasteiger partial charge in [0.05, 0.1) is 0 Å². The van der Waals surface area contributed by atoms with Crippen molar-refractivity contribution < 1.29 is 13.9 Å². The van der Waals surface area contributed by atoms with Gasteiger partial charge in [0.1, 0.15) is 18.0 Å². The zero-order valence-corrected chi connectivity index (χ0v) is 15.7. The Morgan fingerprint density at radius 3 is 2.82 bits per heavy atom. The summed E-state index contributed by atoms with van der Waals surface area (Å²) in [6.07, 6.45) is 4.96. The lowest BCUT2D eigenvalue weighted by atomic mass is 9.96. The molecule has 0 saturated heterocycles. The predicted octanol–water partition coefficient (Wildman–Crippen LogP) is 4.85. The van der Waals surface area contributed by atoms with E-state index in [9.17, 15) is 9.18 Å². The summed E-state index contributed by atoms with van der Waals surface area (Å²) in [6.45, 7) is 1.85. The maximum atomic E-state index is 14.1. The van der Waals surface area contributed by atoms with Gasteiger partial charge >= 0.3 is 0 Å². The molecule has 2 heterocycles. The van der Waals surface area contributed by atoms with Gasteiger partial charge in [-0.1, -0.05) is 12.5 Å². The second-order valence-electron chi connectivity index (χ2n) is 7.13. The number of alkyl halides is 1. The third-order valence-electron chi connectivity index (χ3n) is 5.10. The number of nitrogens with one attached hydrogen (secondary N) is 1. The summed E-state index contributed by atoms with van der Waals surface area (Å²) in [7, 11) is 0. The highest BCUT2D eigenvalue weighted by molar-refractivity contribution is 6.05. The molecule has 6 heteroatoms. The Labute approximate surface area is 163 Å². The van der Waals surface area contributed by atoms with Gasteiger partial charge in [-0.15, -0.1) is 0 Å². The van der Waals surface area contributed by atoms with Crippen molar-refractivity contribution in [1.29, 1.82) is 0 Å². The zero-order chi connectivity index (χ0) is 19.5. The van der Waals surface area contributed by atoms with Crippen LogP contribution in [0, 0.1) is 6.92 Å². The molecular weight excluding hydrogens is 357 g/mol. The SMILES string of the molecule is Cc1cccnc1C(=O)Nc1ccc2c(OC3CCCCC3F)nccc2c1. The fourth-order valence-electron chi connectivity index (χ4n) is 3.56. The number of halogens is 1. The highest BCUT2D eigenvalue weighted by Crippen LogP contribution is 2.30. The topological polar surface area (TPSA) is 64.1 Å². The van der Waals surface area contributed by atoms with Gasteiger partial charge in [0, 0.05) is 23.5 Å². The van der Waals surface area contributed by atoms with Crippen molar-refractivity contribution >= 4 is 22.4 Å². The van der Waals surface area contributed by atoms with E-state index < -0.39 is 12.3 Å². The first-order valence-electron chi connectivity index (χ1n) is 9.54. The number of amides is 1. The zero-order valence-electron chi connectivity index (χ0n) is 15.7. The van der Waals surface area contributed by atoms with Crippen LogP contribution >= 0.6 is 0 Å². The predicted molar refractivity (Wildman–Crippen MR) is 106 cm³/mol. The van der Waals surface area contributed by atoms with Crippen LogP contribution in [0.15, 0.2) is 48.8 Å². The fraction of sp³-hybridized carbons (Fsp3) is 0.318. The monoisotopic (exact) mass is 379 g/mol. The molecule has 0 radical (unpaired) electrons. The number of benzene rings is 1. The summed E-state index contributed by atoms with van der Waals surface area (Å²) >= 11 is 0. The number of hydrogen-bond donors (Lipinski definition) is 1. The quantitative estimate of drug-likeness (QED) is 0.704. The minimum absolute atomic E-state index is 0.259. The number of rotatable bonds is 4. The minimum atomic E-state index is -0.953. The molecule has 1 saturated carbocycles. The summed E-state index contributed by atoms with van der Waals surface area (Å²) in [5, 5.41) is 4.54. The fourth-order valence-corrected chi connectivity index (χ4v) is 3.56. The molecule has 2 unspecified atom stereocenters. The summed E-state index contributed by atoms with van der Waals surface area (Å²) < 4.78 is 20.0. The van der Waals surface area contributed by atoms with Crippen molar-refractivity contribution in [3.05, 3.63) is 60.0 Å². The first-order valence-corrected chi connectivity index (χ1v) is 9.54. The molecule has 2 atom stereocenters. The number of anilines is 1. The molecule has 0 bridgehead atoms. The van der Waals surface area contributed by atoms with E-state index in [1.165, 1.54) is 0 Å². The van der Waals surface area contributed by atoms with Crippen LogP contribution in [-0.4, -0.2) is 28.2 Å². The van der Waals surface area contributed by atoms with E-state index in [4.69, 9.17) is 4.74 Å². The standard InChI is InChI=1S/C22H22FN3O2/c1-14-5-4-11-24-20(14)21(27)26-16-8-9-17-15(13-16)10-12-25-22(17)28-19-7-3-2-6-18(19)23/h4-5,8-13,18-19H,2-3,6-7H2,1H3,(H,26,27). The Morgan fingerprint density at radius 1 is 1.14 bits per heavy atom. The molecular formula is C22H22FN3O2. The largest absolute Gasteiger partial charge is 0.471 e. The lowest BCUT2D eigenvalue weighted by molar-refractivity contribution is 0.0615. The molecule has 2 aromatic heterocycles. The van der Waals surface area contributed by atoms with E-state index in [1.54, 1.807) is 24.5 Å². The van der Waals surface area contributed by atoms with Crippen LogP contribution in [0.5, 0.6) is 5.88 Å². The lowest BCUT2D eigenvalue weighted by Gasteiger charge is -2.26. The molecule has 0 aliphatic heterocycles. The number of ether oxygens (including phenoxy) is 1. The van der Waals surface area contributed by atoms with Crippen LogP contribution in [0.25, 0.3) is 10.8 Å². The average Bonchev–Trinajstić information content (AvgIpc) is 2.70. The van der Waals surface area contributed by atoms with E-state index in [-0.39, 0.29) is 5.91 Å². The highest BCUT2D eigenvalue weighted by atomic mass is 19.1. The van der Waals surface area contributed by atoms with E-state index in [0.29, 0.717) is 30.1 Å². The summed E-state index contributed by atoms with van der Waals surface area (Å²) in [6, 6.07) is 11.0. The molecule has 1 aromatic carbocycles. The van der Waals surface area contributed by atoms with Crippen molar-refractivity contribution in [3.8, 4) is 5.88 Å². The second-order valence-corrected chi connectivity index (χ2v) is 7.13. The van der Waals surface area contributed by atoms with Gasteiger partial charge < -0.3 is 10.1 Å². The van der Waals surface area contributed by atoms with Gasteiger partial charge in [0.15, 0.2) is 0 Å². The van der Waals surface area contributed by atoms with Crippen molar-refractivity contribution in [1.82, 2.24) is 9.97 Å². The normalized spacial score (nSPS) is 19.4. The van der Waals surface area contributed by atoms with E-state index in [2.05, 4.69) is 15.3 Å². The van der Waals surface area contributed by atoms with Gasteiger partial charge in [-0.3, -0.25) is 9.78 Å². The molecule has 1 fully saturated rings. The van der Waals surface area contributed by atoms with Crippen molar-refractivity contribution in [2.24, 2.45) is 0 Å². The Kier molecular flexibility index (Phi) is 5.19. The smallest absolute Gasteiger partial charge is 0.274 e. The summed E-state index contributed by atoms with van der Waals surface area (Å²) in [5.74, 6) is 0.177. The molecule has 5 nitrogen and oxygen atoms in total. The Hall–Kier alpha value is -3.02. The maximum Gasteiger partial charge on any atom is 0.274 e. The molecule has 0 spiro atoms. The highest BCUT2D eigenvalue weighted by Gasteiger charge is 2.27. The van der Waals surface area contributed by atoms with Crippen molar-refractivity contribution in [2.75, 3.05) is 5.32 Å². The number of fused-ring (bicyclic) bond motifs is 1. The molecule has 1 aliphatic rings. The van der Waals surface area contributed by atoms with E-state index in [0.717, 1.165) is 29.2 Å². The van der Waals surface area contributed by atoms with E-state index in [1.807, 2.05) is 31.2 Å². The van der Waals surface area contributed by atoms with Gasteiger partial charge in [0.2, 0.25) is 5.88 Å². The number of aromatic nitrogens is 2. The van der Waals surface area contributed by atoms with Gasteiger partial charge in [0.25, 0.3) is 5.91 Å². The number of hydrogen-bond acceptors (Lipinski definition) is 4. The Morgan fingerprint density at radius 2 is 2.00 bits per heavy atom. The van der Waals surface area contributed by atoms with Crippen LogP contribution in [0.3, 0.4) is 0 Å². The van der Waals surface area contributed by atoms with Gasteiger partial charge in [-0.25, -0.2) is 9.37 Å². The molecule has 1 aliphatic carbocycles. The number of aryl methyl sites for hydroxylation is 1. The Balaban J connectivity index is 1.56. The van der Waals surface area contributed by atoms with Crippen molar-refractivity contribution in [3.63, 3.8) is 0 Å². The average molecular weight is 379 g/mol. The minimum Gasteiger partial charge on any atom is -0.471 e. The van der Waals surface area contributed by atoms with Crippen LogP contribution in [0.2, 0.25) is 0 Å². The molecule has 3 aromatic rings. The van der Waals surface area contributed by atoms with E-state index >= 15 is 0 Å². The third kappa shape index (κ3) is 3.81. The van der Waals surface area contributed by atoms with Gasteiger partial charge in [-0.2, -0.15) is 0 Å². The van der Waals surface area contributed by atoms with Crippen LogP contribution in [0.4, 0.5) is 10.1 Å². The van der Waals surface area contributed by atoms with Crippen molar-refractivity contribution in [2.45, 2.75) is 44.9 Å². The van der Waals surface area contributed by atoms with Crippen LogP contribution in [-0.2, 0) is 0 Å². The maximum absolute atomic E-state index is 14.1. The molecule has 144 valence electrons. The first kappa shape index (κ1) is 18.3. The molecule has 4 rings (SSSR count). The second kappa shape index (κ2) is 7.92. The third-order valence-corrected chi connectivity index (χ3v) is 5.10. The number of pyridine rings is 2. The molecule has 28 heavy (non-hydrogen) atoms. The van der Waals surface area contributed by atoms with Crippen LogP contribution < -0.4 is 10.1 Å². The van der Waals surface area contributed by atoms with Crippen LogP contribution in [0.1, 0.15) is 41.7 Å². The summed E-state index contributed by atoms with van der Waals surface area (Å²) in [5.41, 5.74) is 1.86. The number of carbonyl (C=O) groups is 1. The summed E-state index contributed by atoms with van der Waals surface area (Å²) in [4.78, 5) is 20.9. The first-order chi connectivity index (χ1) is 13.6. The number of carbonyl (C=O) groups excluding carboxylic acids is 1. The molecule has 1 amide bonds.